The zero-order valence-electron chi connectivity index (χ0n) is 8.16. The minimum atomic E-state index is -5.10. The van der Waals surface area contributed by atoms with Gasteiger partial charge in [0.1, 0.15) is 9.45 Å². The molecule has 0 amide bonds. The minimum Gasteiger partial charge on any atom is -0.405 e. The van der Waals surface area contributed by atoms with Crippen molar-refractivity contribution in [3.05, 3.63) is 21.0 Å². The van der Waals surface area contributed by atoms with Crippen molar-refractivity contribution < 1.29 is 31.1 Å². The average molecular weight is 405 g/mol. The van der Waals surface area contributed by atoms with Crippen LogP contribution < -0.4 is 4.74 Å². The number of alkyl halides is 7. The van der Waals surface area contributed by atoms with Gasteiger partial charge in [-0.25, -0.2) is 4.98 Å². The molecule has 0 aromatic carbocycles. The van der Waals surface area contributed by atoms with Gasteiger partial charge in [0.05, 0.1) is 5.88 Å². The molecule has 0 N–H and O–H groups in total. The van der Waals surface area contributed by atoms with Gasteiger partial charge in [0.15, 0.2) is 5.69 Å². The Balaban J connectivity index is 3.39. The molecule has 0 bridgehead atoms. The van der Waals surface area contributed by atoms with Crippen LogP contribution in [0.2, 0.25) is 0 Å². The quantitative estimate of drug-likeness (QED) is 0.316. The Hall–Kier alpha value is -0.450. The fourth-order valence-electron chi connectivity index (χ4n) is 1.10. The van der Waals surface area contributed by atoms with E-state index in [4.69, 9.17) is 11.6 Å². The molecule has 1 aromatic rings. The van der Waals surface area contributed by atoms with Crippen LogP contribution in [0.4, 0.5) is 26.3 Å². The van der Waals surface area contributed by atoms with E-state index >= 15 is 0 Å². The van der Waals surface area contributed by atoms with Crippen LogP contribution in [0.25, 0.3) is 0 Å². The van der Waals surface area contributed by atoms with Crippen LogP contribution in [-0.2, 0) is 12.1 Å². The summed E-state index contributed by atoms with van der Waals surface area (Å²) in [6, 6.07) is 0.737. The monoisotopic (exact) mass is 405 g/mol. The van der Waals surface area contributed by atoms with Crippen molar-refractivity contribution in [3.63, 3.8) is 0 Å². The fraction of sp³-hybridized carbons (Fsp3) is 0.375. The first kappa shape index (κ1) is 15.6. The normalized spacial score (nSPS) is 12.7. The third-order valence-electron chi connectivity index (χ3n) is 1.68. The Morgan fingerprint density at radius 1 is 1.22 bits per heavy atom. The van der Waals surface area contributed by atoms with Gasteiger partial charge in [0.2, 0.25) is 0 Å². The number of hydrogen-bond acceptors (Lipinski definition) is 2. The molecule has 0 fully saturated rings. The molecule has 0 aliphatic rings. The minimum absolute atomic E-state index is 0.284. The molecule has 1 rings (SSSR count). The first-order chi connectivity index (χ1) is 8.04. The topological polar surface area (TPSA) is 22.1 Å². The van der Waals surface area contributed by atoms with E-state index in [1.807, 2.05) is 0 Å². The Bertz CT molecular complexity index is 446. The summed E-state index contributed by atoms with van der Waals surface area (Å²) < 4.78 is 77.1. The van der Waals surface area contributed by atoms with Crippen molar-refractivity contribution in [1.82, 2.24) is 4.98 Å². The highest BCUT2D eigenvalue weighted by Gasteiger charge is 2.39. The smallest absolute Gasteiger partial charge is 0.405 e. The lowest BCUT2D eigenvalue weighted by Crippen LogP contribution is -2.20. The van der Waals surface area contributed by atoms with Crippen molar-refractivity contribution >= 4 is 34.2 Å². The fourth-order valence-corrected chi connectivity index (χ4v) is 1.88. The van der Waals surface area contributed by atoms with E-state index in [-0.39, 0.29) is 3.70 Å². The summed E-state index contributed by atoms with van der Waals surface area (Å²) >= 11 is 6.59. The molecule has 0 aliphatic carbocycles. The van der Waals surface area contributed by atoms with Crippen LogP contribution >= 0.6 is 34.2 Å². The molecule has 0 radical (unpaired) electrons. The number of rotatable bonds is 2. The lowest BCUT2D eigenvalue weighted by molar-refractivity contribution is -0.275. The molecule has 0 saturated heterocycles. The molecular weight excluding hydrogens is 402 g/mol. The number of pyridine rings is 1. The number of halogens is 8. The Labute approximate surface area is 115 Å². The van der Waals surface area contributed by atoms with E-state index in [9.17, 15) is 26.3 Å². The number of hydrogen-bond donors (Lipinski definition) is 0. The summed E-state index contributed by atoms with van der Waals surface area (Å²) in [4.78, 5) is 3.14. The van der Waals surface area contributed by atoms with Gasteiger partial charge >= 0.3 is 12.5 Å². The molecule has 0 unspecified atom stereocenters. The summed E-state index contributed by atoms with van der Waals surface area (Å²) in [7, 11) is 0. The maximum atomic E-state index is 12.6. The van der Waals surface area contributed by atoms with E-state index in [2.05, 4.69) is 9.72 Å². The standard InChI is InChI=1S/C8H3ClF6INO/c9-2-3-4(18-8(13,14)15)1-5(16)17-6(3)7(10,11)12/h1H,2H2. The zero-order chi connectivity index (χ0) is 14.1. The molecule has 0 spiro atoms. The van der Waals surface area contributed by atoms with Gasteiger partial charge in [-0.05, 0) is 22.6 Å². The summed E-state index contributed by atoms with van der Waals surface area (Å²) in [6.45, 7) is 0. The third kappa shape index (κ3) is 4.04. The second-order valence-corrected chi connectivity index (χ2v) is 4.32. The first-order valence-corrected chi connectivity index (χ1v) is 5.74. The number of aromatic nitrogens is 1. The summed E-state index contributed by atoms with van der Waals surface area (Å²) in [5.41, 5.74) is -2.33. The zero-order valence-corrected chi connectivity index (χ0v) is 11.1. The third-order valence-corrected chi connectivity index (χ3v) is 2.50. The van der Waals surface area contributed by atoms with Crippen LogP contribution in [-0.4, -0.2) is 11.3 Å². The van der Waals surface area contributed by atoms with E-state index in [1.54, 1.807) is 0 Å². The van der Waals surface area contributed by atoms with Crippen molar-refractivity contribution in [1.29, 1.82) is 0 Å². The molecular formula is C8H3ClF6INO. The van der Waals surface area contributed by atoms with Gasteiger partial charge in [0.25, 0.3) is 0 Å². The maximum absolute atomic E-state index is 12.6. The van der Waals surface area contributed by atoms with E-state index < -0.39 is 35.4 Å². The Kier molecular flexibility index (Phi) is 4.57. The predicted octanol–water partition coefficient (Wildman–Crippen LogP) is 4.34. The van der Waals surface area contributed by atoms with Crippen LogP contribution in [0.3, 0.4) is 0 Å². The Morgan fingerprint density at radius 2 is 1.78 bits per heavy atom. The predicted molar refractivity (Wildman–Crippen MR) is 58.2 cm³/mol. The highest BCUT2D eigenvalue weighted by molar-refractivity contribution is 14.1. The summed E-state index contributed by atoms with van der Waals surface area (Å²) in [6.07, 6.45) is -10.0. The lowest BCUT2D eigenvalue weighted by Gasteiger charge is -2.16. The van der Waals surface area contributed by atoms with Gasteiger partial charge < -0.3 is 4.74 Å². The molecule has 102 valence electrons. The van der Waals surface area contributed by atoms with Crippen molar-refractivity contribution in [2.24, 2.45) is 0 Å². The second kappa shape index (κ2) is 5.27. The molecule has 1 heterocycles. The van der Waals surface area contributed by atoms with Crippen molar-refractivity contribution in [3.8, 4) is 5.75 Å². The Morgan fingerprint density at radius 3 is 2.17 bits per heavy atom. The van der Waals surface area contributed by atoms with Crippen LogP contribution in [0.5, 0.6) is 5.75 Å². The molecule has 0 atom stereocenters. The van der Waals surface area contributed by atoms with Crippen molar-refractivity contribution in [2.75, 3.05) is 0 Å². The number of ether oxygens (including phenoxy) is 1. The molecule has 10 heteroatoms. The average Bonchev–Trinajstić information content (AvgIpc) is 2.12. The van der Waals surface area contributed by atoms with Crippen molar-refractivity contribution in [2.45, 2.75) is 18.4 Å². The van der Waals surface area contributed by atoms with E-state index in [0.29, 0.717) is 0 Å². The summed E-state index contributed by atoms with van der Waals surface area (Å²) in [5, 5.41) is 0. The van der Waals surface area contributed by atoms with E-state index in [0.717, 1.165) is 6.07 Å². The van der Waals surface area contributed by atoms with Gasteiger partial charge in [0, 0.05) is 11.6 Å². The largest absolute Gasteiger partial charge is 0.573 e. The highest BCUT2D eigenvalue weighted by atomic mass is 127. The SMILES string of the molecule is FC(F)(F)Oc1cc(I)nc(C(F)(F)F)c1CCl. The maximum Gasteiger partial charge on any atom is 0.573 e. The van der Waals surface area contributed by atoms with Gasteiger partial charge in [-0.15, -0.1) is 24.8 Å². The molecule has 2 nitrogen and oxygen atoms in total. The number of nitrogens with zero attached hydrogens (tertiary/aromatic N) is 1. The van der Waals surface area contributed by atoms with Crippen LogP contribution in [0.15, 0.2) is 6.07 Å². The van der Waals surface area contributed by atoms with Gasteiger partial charge in [-0.2, -0.15) is 13.2 Å². The molecule has 1 aromatic heterocycles. The highest BCUT2D eigenvalue weighted by Crippen LogP contribution is 2.38. The molecule has 0 saturated carbocycles. The first-order valence-electron chi connectivity index (χ1n) is 4.13. The van der Waals surface area contributed by atoms with E-state index in [1.165, 1.54) is 22.6 Å². The lowest BCUT2D eigenvalue weighted by atomic mass is 10.2. The van der Waals surface area contributed by atoms with Crippen LogP contribution in [0, 0.1) is 3.70 Å². The van der Waals surface area contributed by atoms with Gasteiger partial charge in [-0.3, -0.25) is 0 Å². The van der Waals surface area contributed by atoms with Gasteiger partial charge in [-0.1, -0.05) is 0 Å². The molecule has 0 aliphatic heterocycles. The second-order valence-electron chi connectivity index (χ2n) is 2.95. The molecule has 18 heavy (non-hydrogen) atoms. The summed E-state index contributed by atoms with van der Waals surface area (Å²) in [5.74, 6) is -1.80. The van der Waals surface area contributed by atoms with Crippen LogP contribution in [0.1, 0.15) is 11.3 Å².